The van der Waals surface area contributed by atoms with Crippen molar-refractivity contribution >= 4 is 17.8 Å². The van der Waals surface area contributed by atoms with E-state index >= 15 is 0 Å². The monoisotopic (exact) mass is 408 g/mol. The van der Waals surface area contributed by atoms with Crippen LogP contribution in [0, 0.1) is 11.6 Å². The van der Waals surface area contributed by atoms with Crippen LogP contribution in [-0.4, -0.2) is 46.0 Å². The third kappa shape index (κ3) is 4.38. The summed E-state index contributed by atoms with van der Waals surface area (Å²) >= 11 is 0. The molecular weight excluding hydrogens is 395 g/mol. The minimum Gasteiger partial charge on any atom is -0.511 e. The van der Waals surface area contributed by atoms with Crippen molar-refractivity contribution in [2.75, 3.05) is 13.1 Å². The highest BCUT2D eigenvalue weighted by molar-refractivity contribution is 6.19. The number of benzene rings is 1. The molecule has 152 valence electrons. The molecule has 0 aliphatic carbocycles. The number of aliphatic hydroxyl groups is 1. The number of amides is 2. The molecular formula is C16H13F5N2O5. The van der Waals surface area contributed by atoms with E-state index in [1.54, 1.807) is 0 Å². The van der Waals surface area contributed by atoms with Gasteiger partial charge in [0.1, 0.15) is 17.9 Å². The maximum Gasteiger partial charge on any atom is 0.419 e. The molecule has 0 fully saturated rings. The van der Waals surface area contributed by atoms with Crippen molar-refractivity contribution in [2.24, 2.45) is 0 Å². The van der Waals surface area contributed by atoms with Crippen LogP contribution in [0.3, 0.4) is 0 Å². The molecule has 0 radical (unpaired) electrons. The first-order valence-corrected chi connectivity index (χ1v) is 7.69. The average Bonchev–Trinajstić information content (AvgIpc) is 2.58. The molecule has 0 spiro atoms. The molecule has 1 aromatic carbocycles. The summed E-state index contributed by atoms with van der Waals surface area (Å²) in [6.45, 7) is -1.72. The Morgan fingerprint density at radius 2 is 1.82 bits per heavy atom. The lowest BCUT2D eigenvalue weighted by Crippen LogP contribution is -2.43. The molecule has 1 aromatic rings. The van der Waals surface area contributed by atoms with Crippen molar-refractivity contribution in [1.82, 2.24) is 10.2 Å². The molecule has 1 heterocycles. The van der Waals surface area contributed by atoms with Crippen molar-refractivity contribution in [3.63, 3.8) is 0 Å². The fraction of sp³-hybridized carbons (Fsp3) is 0.312. The van der Waals surface area contributed by atoms with Crippen LogP contribution >= 0.6 is 0 Å². The Labute approximate surface area is 154 Å². The summed E-state index contributed by atoms with van der Waals surface area (Å²) in [4.78, 5) is 35.5. The number of halogens is 5. The standard InChI is InChI=1S/C16H13F5N2O5/c17-12-7(1-2-8(13(12)18)16(19,20)21)6-23-4-3-9(24)11(15(23)28)14(27)22-5-10(25)26/h1-2,24H,3-6H2,(H,22,27)(H,25,26). The van der Waals surface area contributed by atoms with Gasteiger partial charge in [-0.1, -0.05) is 6.07 Å². The summed E-state index contributed by atoms with van der Waals surface area (Å²) in [6.07, 6.45) is -5.35. The molecule has 1 aliphatic heterocycles. The number of carbonyl (C=O) groups is 3. The second-order valence-corrected chi connectivity index (χ2v) is 5.77. The topological polar surface area (TPSA) is 107 Å². The molecule has 3 N–H and O–H groups in total. The van der Waals surface area contributed by atoms with Crippen LogP contribution in [0.1, 0.15) is 17.5 Å². The highest BCUT2D eigenvalue weighted by Gasteiger charge is 2.37. The van der Waals surface area contributed by atoms with Crippen LogP contribution in [0.25, 0.3) is 0 Å². The number of rotatable bonds is 5. The van der Waals surface area contributed by atoms with Gasteiger partial charge in [0.15, 0.2) is 11.6 Å². The van der Waals surface area contributed by atoms with Gasteiger partial charge in [0.05, 0.1) is 5.56 Å². The molecule has 2 rings (SSSR count). The Balaban J connectivity index is 2.24. The van der Waals surface area contributed by atoms with E-state index in [9.17, 15) is 41.4 Å². The highest BCUT2D eigenvalue weighted by Crippen LogP contribution is 2.33. The van der Waals surface area contributed by atoms with Gasteiger partial charge in [0.25, 0.3) is 11.8 Å². The van der Waals surface area contributed by atoms with Crippen LogP contribution in [0.5, 0.6) is 0 Å². The molecule has 0 bridgehead atoms. The largest absolute Gasteiger partial charge is 0.511 e. The molecule has 2 amide bonds. The summed E-state index contributed by atoms with van der Waals surface area (Å²) in [5.41, 5.74) is -3.14. The van der Waals surface area contributed by atoms with Crippen LogP contribution < -0.4 is 5.32 Å². The molecule has 0 saturated heterocycles. The number of carboxylic acid groups (broad SMARTS) is 1. The Morgan fingerprint density at radius 3 is 2.39 bits per heavy atom. The SMILES string of the molecule is O=C(O)CNC(=O)C1=C(O)CCN(Cc2ccc(C(F)(F)F)c(F)c2F)C1=O. The van der Waals surface area contributed by atoms with Gasteiger partial charge in [0, 0.05) is 25.1 Å². The van der Waals surface area contributed by atoms with Gasteiger partial charge in [-0.05, 0) is 6.07 Å². The number of hydrogen-bond acceptors (Lipinski definition) is 4. The second kappa shape index (κ2) is 7.82. The van der Waals surface area contributed by atoms with Crippen LogP contribution in [0.2, 0.25) is 0 Å². The van der Waals surface area contributed by atoms with Gasteiger partial charge in [0.2, 0.25) is 0 Å². The maximum absolute atomic E-state index is 14.0. The zero-order chi connectivity index (χ0) is 21.2. The smallest absolute Gasteiger partial charge is 0.419 e. The molecule has 28 heavy (non-hydrogen) atoms. The minimum absolute atomic E-state index is 0.220. The van der Waals surface area contributed by atoms with Crippen molar-refractivity contribution in [2.45, 2.75) is 19.1 Å². The predicted molar refractivity (Wildman–Crippen MR) is 81.7 cm³/mol. The first-order chi connectivity index (χ1) is 12.9. The number of alkyl halides is 3. The fourth-order valence-corrected chi connectivity index (χ4v) is 2.51. The van der Waals surface area contributed by atoms with E-state index in [0.29, 0.717) is 12.1 Å². The zero-order valence-electron chi connectivity index (χ0n) is 13.9. The summed E-state index contributed by atoms with van der Waals surface area (Å²) in [6, 6.07) is 0.993. The molecule has 0 unspecified atom stereocenters. The lowest BCUT2D eigenvalue weighted by Gasteiger charge is -2.28. The molecule has 0 saturated carbocycles. The number of nitrogens with zero attached hydrogens (tertiary/aromatic N) is 1. The number of nitrogens with one attached hydrogen (secondary N) is 1. The summed E-state index contributed by atoms with van der Waals surface area (Å²) in [5, 5.41) is 20.2. The lowest BCUT2D eigenvalue weighted by atomic mass is 10.0. The quantitative estimate of drug-likeness (QED) is 0.508. The fourth-order valence-electron chi connectivity index (χ4n) is 2.51. The van der Waals surface area contributed by atoms with Gasteiger partial charge in [-0.3, -0.25) is 14.4 Å². The minimum atomic E-state index is -5.10. The zero-order valence-corrected chi connectivity index (χ0v) is 13.9. The molecule has 1 aliphatic rings. The number of hydrogen-bond donors (Lipinski definition) is 3. The first kappa shape index (κ1) is 21.1. The van der Waals surface area contributed by atoms with E-state index in [-0.39, 0.29) is 13.0 Å². The summed E-state index contributed by atoms with van der Waals surface area (Å²) in [7, 11) is 0. The number of aliphatic carboxylic acids is 1. The maximum atomic E-state index is 14.0. The third-order valence-corrected chi connectivity index (χ3v) is 3.86. The van der Waals surface area contributed by atoms with Gasteiger partial charge >= 0.3 is 12.1 Å². The Hall–Kier alpha value is -3.18. The van der Waals surface area contributed by atoms with E-state index < -0.39 is 71.1 Å². The third-order valence-electron chi connectivity index (χ3n) is 3.86. The summed E-state index contributed by atoms with van der Waals surface area (Å²) in [5.74, 6) is -8.23. The van der Waals surface area contributed by atoms with Crippen molar-refractivity contribution in [3.8, 4) is 0 Å². The molecule has 7 nitrogen and oxygen atoms in total. The molecule has 12 heteroatoms. The Morgan fingerprint density at radius 1 is 1.18 bits per heavy atom. The number of aliphatic hydroxyl groups excluding tert-OH is 1. The number of carboxylic acids is 1. The normalized spacial score (nSPS) is 15.0. The highest BCUT2D eigenvalue weighted by atomic mass is 19.4. The number of carbonyl (C=O) groups excluding carboxylic acids is 2. The van der Waals surface area contributed by atoms with Gasteiger partial charge in [-0.2, -0.15) is 13.2 Å². The summed E-state index contributed by atoms with van der Waals surface area (Å²) < 4.78 is 65.5. The van der Waals surface area contributed by atoms with Crippen LogP contribution in [-0.2, 0) is 27.1 Å². The predicted octanol–water partition coefficient (Wildman–Crippen LogP) is 1.73. The van der Waals surface area contributed by atoms with Gasteiger partial charge in [-0.15, -0.1) is 0 Å². The van der Waals surface area contributed by atoms with Crippen molar-refractivity contribution < 1.29 is 46.5 Å². The first-order valence-electron chi connectivity index (χ1n) is 7.69. The molecule has 0 aromatic heterocycles. The van der Waals surface area contributed by atoms with E-state index in [0.717, 1.165) is 4.90 Å². The van der Waals surface area contributed by atoms with Crippen molar-refractivity contribution in [1.29, 1.82) is 0 Å². The lowest BCUT2D eigenvalue weighted by molar-refractivity contribution is -0.140. The van der Waals surface area contributed by atoms with Gasteiger partial charge < -0.3 is 20.4 Å². The molecule has 0 atom stereocenters. The van der Waals surface area contributed by atoms with E-state index in [2.05, 4.69) is 0 Å². The van der Waals surface area contributed by atoms with Crippen LogP contribution in [0.15, 0.2) is 23.5 Å². The second-order valence-electron chi connectivity index (χ2n) is 5.77. The van der Waals surface area contributed by atoms with E-state index in [1.807, 2.05) is 5.32 Å². The van der Waals surface area contributed by atoms with Gasteiger partial charge in [-0.25, -0.2) is 8.78 Å². The van der Waals surface area contributed by atoms with E-state index in [1.165, 1.54) is 0 Å². The average molecular weight is 408 g/mol. The van der Waals surface area contributed by atoms with Crippen LogP contribution in [0.4, 0.5) is 22.0 Å². The Bertz CT molecular complexity index is 866. The Kier molecular flexibility index (Phi) is 5.90. The van der Waals surface area contributed by atoms with E-state index in [4.69, 9.17) is 5.11 Å². The van der Waals surface area contributed by atoms with Crippen molar-refractivity contribution in [3.05, 3.63) is 46.2 Å².